The van der Waals surface area contributed by atoms with Gasteiger partial charge in [-0.25, -0.2) is 0 Å². The van der Waals surface area contributed by atoms with E-state index in [1.807, 2.05) is 36.9 Å². The van der Waals surface area contributed by atoms with Crippen molar-refractivity contribution in [3.8, 4) is 0 Å². The summed E-state index contributed by atoms with van der Waals surface area (Å²) in [5.41, 5.74) is 10.8. The van der Waals surface area contributed by atoms with E-state index in [1.54, 1.807) is 0 Å². The molecule has 2 N–H and O–H groups in total. The topological polar surface area (TPSA) is 72.4 Å². The van der Waals surface area contributed by atoms with Gasteiger partial charge >= 0.3 is 0 Å². The number of aromatic nitrogens is 1. The number of nitrogens with two attached hydrogens (primary N) is 1. The van der Waals surface area contributed by atoms with E-state index in [9.17, 15) is 4.79 Å². The Morgan fingerprint density at radius 2 is 2.17 bits per heavy atom. The van der Waals surface area contributed by atoms with Crippen LogP contribution < -0.4 is 10.6 Å². The van der Waals surface area contributed by atoms with Gasteiger partial charge in [-0.1, -0.05) is 11.2 Å². The molecule has 6 heteroatoms. The Balaban J connectivity index is 0.00000192. The third-order valence-corrected chi connectivity index (χ3v) is 4.36. The van der Waals surface area contributed by atoms with E-state index < -0.39 is 0 Å². The molecular weight excluding hydrogens is 314 g/mol. The molecule has 1 aliphatic rings. The van der Waals surface area contributed by atoms with Crippen LogP contribution in [0, 0.1) is 13.8 Å². The third kappa shape index (κ3) is 3.34. The maximum absolute atomic E-state index is 12.6. The second-order valence-corrected chi connectivity index (χ2v) is 5.80. The van der Waals surface area contributed by atoms with Gasteiger partial charge in [-0.3, -0.25) is 4.79 Å². The highest BCUT2D eigenvalue weighted by atomic mass is 35.5. The summed E-state index contributed by atoms with van der Waals surface area (Å²) in [4.78, 5) is 14.5. The van der Waals surface area contributed by atoms with Crippen LogP contribution in [0.25, 0.3) is 0 Å². The van der Waals surface area contributed by atoms with Crippen LogP contribution in [0.5, 0.6) is 0 Å². The summed E-state index contributed by atoms with van der Waals surface area (Å²) < 4.78 is 5.15. The Kier molecular flexibility index (Phi) is 5.31. The Morgan fingerprint density at radius 1 is 1.39 bits per heavy atom. The van der Waals surface area contributed by atoms with Gasteiger partial charge in [0.05, 0.1) is 5.69 Å². The van der Waals surface area contributed by atoms with Gasteiger partial charge < -0.3 is 15.2 Å². The fraction of sp³-hybridized carbons (Fsp3) is 0.412. The van der Waals surface area contributed by atoms with E-state index in [4.69, 9.17) is 10.3 Å². The van der Waals surface area contributed by atoms with Crippen molar-refractivity contribution in [2.75, 3.05) is 17.2 Å². The van der Waals surface area contributed by atoms with Gasteiger partial charge in [0.2, 0.25) is 5.91 Å². The summed E-state index contributed by atoms with van der Waals surface area (Å²) in [5, 5.41) is 3.94. The van der Waals surface area contributed by atoms with Crippen LogP contribution in [0.1, 0.15) is 35.4 Å². The molecule has 2 aromatic rings. The molecule has 0 unspecified atom stereocenters. The van der Waals surface area contributed by atoms with Crippen molar-refractivity contribution in [2.24, 2.45) is 0 Å². The molecule has 0 aliphatic carbocycles. The van der Waals surface area contributed by atoms with Crippen LogP contribution in [0.15, 0.2) is 22.7 Å². The van der Waals surface area contributed by atoms with E-state index in [0.29, 0.717) is 12.8 Å². The first-order valence-electron chi connectivity index (χ1n) is 7.67. The highest BCUT2D eigenvalue weighted by molar-refractivity contribution is 5.95. The summed E-state index contributed by atoms with van der Waals surface area (Å²) in [5.74, 6) is 0.931. The molecule has 3 rings (SSSR count). The maximum Gasteiger partial charge on any atom is 0.227 e. The van der Waals surface area contributed by atoms with Gasteiger partial charge in [0.15, 0.2) is 0 Å². The minimum atomic E-state index is 0. The first kappa shape index (κ1) is 17.3. The molecule has 0 bridgehead atoms. The van der Waals surface area contributed by atoms with E-state index in [-0.39, 0.29) is 18.3 Å². The minimum absolute atomic E-state index is 0. The summed E-state index contributed by atoms with van der Waals surface area (Å²) in [6, 6.07) is 5.80. The molecule has 0 spiro atoms. The van der Waals surface area contributed by atoms with Crippen LogP contribution in [0.3, 0.4) is 0 Å². The number of hydrogen-bond acceptors (Lipinski definition) is 4. The van der Waals surface area contributed by atoms with Gasteiger partial charge in [0, 0.05) is 29.9 Å². The average molecular weight is 336 g/mol. The largest absolute Gasteiger partial charge is 0.398 e. The number of amides is 1. The number of hydrogen-bond donors (Lipinski definition) is 1. The molecule has 5 nitrogen and oxygen atoms in total. The third-order valence-electron chi connectivity index (χ3n) is 4.36. The van der Waals surface area contributed by atoms with Gasteiger partial charge in [0.25, 0.3) is 0 Å². The Morgan fingerprint density at radius 3 is 2.87 bits per heavy atom. The summed E-state index contributed by atoms with van der Waals surface area (Å²) in [7, 11) is 0. The smallest absolute Gasteiger partial charge is 0.227 e. The van der Waals surface area contributed by atoms with Crippen molar-refractivity contribution in [1.29, 1.82) is 0 Å². The summed E-state index contributed by atoms with van der Waals surface area (Å²) >= 11 is 0. The second-order valence-electron chi connectivity index (χ2n) is 5.80. The van der Waals surface area contributed by atoms with E-state index >= 15 is 0 Å². The predicted octanol–water partition coefficient (Wildman–Crippen LogP) is 3.21. The molecule has 1 amide bonds. The Labute approximate surface area is 142 Å². The van der Waals surface area contributed by atoms with Gasteiger partial charge in [-0.05, 0) is 50.8 Å². The second kappa shape index (κ2) is 7.04. The van der Waals surface area contributed by atoms with Crippen LogP contribution in [-0.4, -0.2) is 17.6 Å². The zero-order valence-corrected chi connectivity index (χ0v) is 14.3. The number of carbonyl (C=O) groups excluding carboxylic acids is 1. The molecule has 1 aromatic carbocycles. The number of nitrogen functional groups attached to an aromatic ring is 1. The van der Waals surface area contributed by atoms with Gasteiger partial charge in [0.1, 0.15) is 5.76 Å². The average Bonchev–Trinajstić information content (AvgIpc) is 2.83. The standard InChI is InChI=1S/C17H21N3O2.ClH/c1-11-13(12(2)22-19-11)8-9-17(21)20-10-4-5-14-15(18)6-3-7-16(14)20;/h3,6-7H,4-5,8-10,18H2,1-2H3;1H. The number of halogens is 1. The molecule has 0 saturated heterocycles. The molecule has 0 fully saturated rings. The molecule has 0 atom stereocenters. The lowest BCUT2D eigenvalue weighted by Crippen LogP contribution is -2.35. The van der Waals surface area contributed by atoms with Crippen LogP contribution in [-0.2, 0) is 17.6 Å². The minimum Gasteiger partial charge on any atom is -0.398 e. The normalized spacial score (nSPS) is 13.4. The predicted molar refractivity (Wildman–Crippen MR) is 93.1 cm³/mol. The lowest BCUT2D eigenvalue weighted by molar-refractivity contribution is -0.118. The fourth-order valence-corrected chi connectivity index (χ4v) is 3.14. The molecular formula is C17H22ClN3O2. The Bertz CT molecular complexity index is 692. The zero-order valence-electron chi connectivity index (χ0n) is 13.5. The molecule has 1 aliphatic heterocycles. The van der Waals surface area contributed by atoms with Crippen molar-refractivity contribution in [3.05, 3.63) is 40.8 Å². The van der Waals surface area contributed by atoms with Crippen LogP contribution in [0.4, 0.5) is 11.4 Å². The molecule has 0 radical (unpaired) electrons. The van der Waals surface area contributed by atoms with E-state index in [1.165, 1.54) is 0 Å². The highest BCUT2D eigenvalue weighted by Gasteiger charge is 2.24. The number of anilines is 2. The number of nitrogens with zero attached hydrogens (tertiary/aromatic N) is 2. The molecule has 124 valence electrons. The summed E-state index contributed by atoms with van der Waals surface area (Å²) in [6.07, 6.45) is 3.01. The SMILES string of the molecule is Cc1noc(C)c1CCC(=O)N1CCCc2c(N)cccc21.Cl. The molecule has 2 heterocycles. The summed E-state index contributed by atoms with van der Waals surface area (Å²) in [6.45, 7) is 4.56. The lowest BCUT2D eigenvalue weighted by Gasteiger charge is -2.30. The molecule has 0 saturated carbocycles. The van der Waals surface area contributed by atoms with Crippen LogP contribution >= 0.6 is 12.4 Å². The first-order valence-corrected chi connectivity index (χ1v) is 7.67. The number of benzene rings is 1. The van der Waals surface area contributed by atoms with E-state index in [2.05, 4.69) is 5.16 Å². The molecule has 1 aromatic heterocycles. The van der Waals surface area contributed by atoms with Crippen LogP contribution in [0.2, 0.25) is 0 Å². The number of fused-ring (bicyclic) bond motifs is 1. The quantitative estimate of drug-likeness (QED) is 0.874. The van der Waals surface area contributed by atoms with Crippen molar-refractivity contribution in [3.63, 3.8) is 0 Å². The van der Waals surface area contributed by atoms with Crippen molar-refractivity contribution < 1.29 is 9.32 Å². The first-order chi connectivity index (χ1) is 10.6. The lowest BCUT2D eigenvalue weighted by atomic mass is 9.99. The maximum atomic E-state index is 12.6. The zero-order chi connectivity index (χ0) is 15.7. The monoisotopic (exact) mass is 335 g/mol. The molecule has 23 heavy (non-hydrogen) atoms. The number of rotatable bonds is 3. The van der Waals surface area contributed by atoms with E-state index in [0.717, 1.165) is 53.3 Å². The fourth-order valence-electron chi connectivity index (χ4n) is 3.14. The number of carbonyl (C=O) groups is 1. The highest BCUT2D eigenvalue weighted by Crippen LogP contribution is 2.31. The van der Waals surface area contributed by atoms with Crippen molar-refractivity contribution in [2.45, 2.75) is 39.5 Å². The van der Waals surface area contributed by atoms with Crippen molar-refractivity contribution >= 4 is 29.7 Å². The van der Waals surface area contributed by atoms with Gasteiger partial charge in [-0.2, -0.15) is 0 Å². The Hall–Kier alpha value is -2.01. The number of aryl methyl sites for hydroxylation is 2. The van der Waals surface area contributed by atoms with Gasteiger partial charge in [-0.15, -0.1) is 12.4 Å². The van der Waals surface area contributed by atoms with Crippen molar-refractivity contribution in [1.82, 2.24) is 5.16 Å².